The largest absolute Gasteiger partial charge is 0.491 e. The Hall–Kier alpha value is -3.08. The Kier molecular flexibility index (Phi) is 6.09. The summed E-state index contributed by atoms with van der Waals surface area (Å²) in [5, 5.41) is 0. The van der Waals surface area contributed by atoms with Crippen molar-refractivity contribution in [3.05, 3.63) is 64.9 Å². The van der Waals surface area contributed by atoms with Crippen LogP contribution in [0.15, 0.2) is 48.2 Å². The molecule has 0 radical (unpaired) electrons. The fourth-order valence-electron chi connectivity index (χ4n) is 4.54. The van der Waals surface area contributed by atoms with Crippen molar-refractivity contribution in [3.63, 3.8) is 0 Å². The zero-order valence-electron chi connectivity index (χ0n) is 19.6. The number of piperidine rings is 1. The first-order valence-electron chi connectivity index (χ1n) is 11.5. The van der Waals surface area contributed by atoms with Crippen LogP contribution in [0.5, 0.6) is 5.75 Å². The SMILES string of the molecule is Cc1ccc(C2=C(N3CCCC(C)C3)C(=O)N(c3ccc(OC(C)C)cc3)C2=O)cc1C. The van der Waals surface area contributed by atoms with Gasteiger partial charge in [0.05, 0.1) is 17.4 Å². The first-order chi connectivity index (χ1) is 15.3. The van der Waals surface area contributed by atoms with Crippen LogP contribution in [0.25, 0.3) is 5.57 Å². The van der Waals surface area contributed by atoms with E-state index in [0.717, 1.165) is 48.4 Å². The number of imide groups is 1. The van der Waals surface area contributed by atoms with Crippen molar-refractivity contribution in [2.45, 2.75) is 53.6 Å². The van der Waals surface area contributed by atoms with Crippen molar-refractivity contribution in [1.82, 2.24) is 4.90 Å². The standard InChI is InChI=1S/C27H32N2O3/c1-17(2)32-23-12-10-22(11-13-23)29-26(30)24(21-9-8-19(4)20(5)15-21)25(27(29)31)28-14-6-7-18(3)16-28/h8-13,15,17-18H,6-7,14,16H2,1-5H3. The summed E-state index contributed by atoms with van der Waals surface area (Å²) in [5.41, 5.74) is 4.69. The molecule has 5 heteroatoms. The topological polar surface area (TPSA) is 49.9 Å². The summed E-state index contributed by atoms with van der Waals surface area (Å²) in [5.74, 6) is 0.704. The number of anilines is 1. The van der Waals surface area contributed by atoms with Crippen molar-refractivity contribution in [2.24, 2.45) is 5.92 Å². The Bertz CT molecular complexity index is 1070. The van der Waals surface area contributed by atoms with Crippen LogP contribution in [0.4, 0.5) is 5.69 Å². The zero-order chi connectivity index (χ0) is 23.0. The zero-order valence-corrected chi connectivity index (χ0v) is 19.6. The number of likely N-dealkylation sites (tertiary alicyclic amines) is 1. The lowest BCUT2D eigenvalue weighted by Gasteiger charge is -2.33. The molecule has 5 nitrogen and oxygen atoms in total. The molecule has 0 spiro atoms. The number of aryl methyl sites for hydroxylation is 2. The number of amides is 2. The Morgan fingerprint density at radius 3 is 2.31 bits per heavy atom. The van der Waals surface area contributed by atoms with Gasteiger partial charge < -0.3 is 9.64 Å². The first-order valence-corrected chi connectivity index (χ1v) is 11.5. The van der Waals surface area contributed by atoms with E-state index in [2.05, 4.69) is 18.7 Å². The maximum absolute atomic E-state index is 13.7. The van der Waals surface area contributed by atoms with Crippen LogP contribution in [-0.4, -0.2) is 35.9 Å². The molecule has 1 saturated heterocycles. The summed E-state index contributed by atoms with van der Waals surface area (Å²) in [6, 6.07) is 13.2. The van der Waals surface area contributed by atoms with Gasteiger partial charge in [-0.1, -0.05) is 25.1 Å². The highest BCUT2D eigenvalue weighted by Gasteiger charge is 2.43. The fraction of sp³-hybridized carbons (Fsp3) is 0.407. The van der Waals surface area contributed by atoms with Crippen molar-refractivity contribution >= 4 is 23.1 Å². The molecule has 1 unspecified atom stereocenters. The molecule has 0 N–H and O–H groups in total. The third-order valence-electron chi connectivity index (χ3n) is 6.29. The molecule has 2 amide bonds. The lowest BCUT2D eigenvalue weighted by atomic mass is 9.96. The molecule has 2 aliphatic rings. The number of rotatable bonds is 5. The van der Waals surface area contributed by atoms with Crippen LogP contribution in [0.2, 0.25) is 0 Å². The minimum Gasteiger partial charge on any atom is -0.491 e. The lowest BCUT2D eigenvalue weighted by molar-refractivity contribution is -0.120. The van der Waals surface area contributed by atoms with Gasteiger partial charge in [0, 0.05) is 13.1 Å². The average Bonchev–Trinajstić information content (AvgIpc) is 3.00. The van der Waals surface area contributed by atoms with Gasteiger partial charge in [0.15, 0.2) is 0 Å². The molecule has 0 bridgehead atoms. The smallest absolute Gasteiger partial charge is 0.282 e. The highest BCUT2D eigenvalue weighted by Crippen LogP contribution is 2.37. The highest BCUT2D eigenvalue weighted by molar-refractivity contribution is 6.45. The van der Waals surface area contributed by atoms with E-state index in [0.29, 0.717) is 22.9 Å². The lowest BCUT2D eigenvalue weighted by Crippen LogP contribution is -2.39. The predicted octanol–water partition coefficient (Wildman–Crippen LogP) is 5.11. The van der Waals surface area contributed by atoms with Crippen LogP contribution >= 0.6 is 0 Å². The van der Waals surface area contributed by atoms with E-state index in [-0.39, 0.29) is 17.9 Å². The van der Waals surface area contributed by atoms with Gasteiger partial charge in [0.2, 0.25) is 0 Å². The molecule has 2 heterocycles. The summed E-state index contributed by atoms with van der Waals surface area (Å²) in [6.07, 6.45) is 2.22. The molecular weight excluding hydrogens is 400 g/mol. The number of hydrogen-bond acceptors (Lipinski definition) is 4. The van der Waals surface area contributed by atoms with Gasteiger partial charge in [-0.05, 0) is 87.4 Å². The van der Waals surface area contributed by atoms with Crippen LogP contribution in [0, 0.1) is 19.8 Å². The molecule has 2 aromatic carbocycles. The third kappa shape index (κ3) is 4.16. The van der Waals surface area contributed by atoms with Crippen molar-refractivity contribution in [3.8, 4) is 5.75 Å². The summed E-state index contributed by atoms with van der Waals surface area (Å²) < 4.78 is 5.72. The van der Waals surface area contributed by atoms with Gasteiger partial charge in [-0.3, -0.25) is 9.59 Å². The van der Waals surface area contributed by atoms with E-state index < -0.39 is 0 Å². The minimum absolute atomic E-state index is 0.0571. The van der Waals surface area contributed by atoms with Crippen molar-refractivity contribution in [1.29, 1.82) is 0 Å². The molecule has 0 saturated carbocycles. The molecule has 32 heavy (non-hydrogen) atoms. The predicted molar refractivity (Wildman–Crippen MR) is 128 cm³/mol. The van der Waals surface area contributed by atoms with Crippen LogP contribution in [-0.2, 0) is 9.59 Å². The Morgan fingerprint density at radius 1 is 0.969 bits per heavy atom. The number of ether oxygens (including phenoxy) is 1. The fourth-order valence-corrected chi connectivity index (χ4v) is 4.54. The van der Waals surface area contributed by atoms with Gasteiger partial charge in [-0.25, -0.2) is 4.90 Å². The van der Waals surface area contributed by atoms with Gasteiger partial charge >= 0.3 is 0 Å². The van der Waals surface area contributed by atoms with E-state index >= 15 is 0 Å². The molecule has 1 fully saturated rings. The number of carbonyl (C=O) groups excluding carboxylic acids is 2. The second-order valence-electron chi connectivity index (χ2n) is 9.32. The maximum Gasteiger partial charge on any atom is 0.282 e. The highest BCUT2D eigenvalue weighted by atomic mass is 16.5. The van der Waals surface area contributed by atoms with E-state index in [1.165, 1.54) is 4.90 Å². The summed E-state index contributed by atoms with van der Waals surface area (Å²) >= 11 is 0. The number of hydrogen-bond donors (Lipinski definition) is 0. The number of benzene rings is 2. The molecule has 0 aromatic heterocycles. The van der Waals surface area contributed by atoms with Gasteiger partial charge in [-0.15, -0.1) is 0 Å². The summed E-state index contributed by atoms with van der Waals surface area (Å²) in [4.78, 5) is 30.8. The molecular formula is C27H32N2O3. The Morgan fingerprint density at radius 2 is 1.69 bits per heavy atom. The summed E-state index contributed by atoms with van der Waals surface area (Å²) in [7, 11) is 0. The maximum atomic E-state index is 13.7. The molecule has 168 valence electrons. The van der Waals surface area contributed by atoms with E-state index in [9.17, 15) is 9.59 Å². The monoisotopic (exact) mass is 432 g/mol. The second-order valence-corrected chi connectivity index (χ2v) is 9.32. The van der Waals surface area contributed by atoms with Gasteiger partial charge in [0.1, 0.15) is 11.4 Å². The van der Waals surface area contributed by atoms with Gasteiger partial charge in [-0.2, -0.15) is 0 Å². The molecule has 0 aliphatic carbocycles. The third-order valence-corrected chi connectivity index (χ3v) is 6.29. The molecule has 2 aliphatic heterocycles. The number of carbonyl (C=O) groups is 2. The quantitative estimate of drug-likeness (QED) is 0.617. The normalized spacial score (nSPS) is 19.4. The van der Waals surface area contributed by atoms with Gasteiger partial charge in [0.25, 0.3) is 11.8 Å². The molecule has 2 aromatic rings. The number of nitrogens with zero attached hydrogens (tertiary/aromatic N) is 2. The van der Waals surface area contributed by atoms with Crippen molar-refractivity contribution in [2.75, 3.05) is 18.0 Å². The second kappa shape index (κ2) is 8.81. The summed E-state index contributed by atoms with van der Waals surface area (Å²) in [6.45, 7) is 11.8. The van der Waals surface area contributed by atoms with E-state index in [1.807, 2.05) is 51.1 Å². The Balaban J connectivity index is 1.76. The first kappa shape index (κ1) is 22.1. The molecule has 4 rings (SSSR count). The molecule has 1 atom stereocenters. The Labute approximate surface area is 190 Å². The van der Waals surface area contributed by atoms with Crippen LogP contribution < -0.4 is 9.64 Å². The van der Waals surface area contributed by atoms with E-state index in [4.69, 9.17) is 4.74 Å². The minimum atomic E-state index is -0.260. The van der Waals surface area contributed by atoms with Crippen molar-refractivity contribution < 1.29 is 14.3 Å². The average molecular weight is 433 g/mol. The van der Waals surface area contributed by atoms with Crippen LogP contribution in [0.1, 0.15) is 50.3 Å². The van der Waals surface area contributed by atoms with Crippen LogP contribution in [0.3, 0.4) is 0 Å². The van der Waals surface area contributed by atoms with E-state index in [1.54, 1.807) is 12.1 Å².